The van der Waals surface area contributed by atoms with Crippen molar-refractivity contribution in [3.63, 3.8) is 0 Å². The van der Waals surface area contributed by atoms with Crippen LogP contribution in [0.3, 0.4) is 0 Å². The molecule has 0 heterocycles. The standard InChI is InChI=1S/C14H10F5NO/c15-11-4-8(5-12(16)13(11)21)7-20-10-3-1-2-9(6-10)14(17,18)19/h1-6,20-21H,7H2. The van der Waals surface area contributed by atoms with Gasteiger partial charge in [-0.1, -0.05) is 6.07 Å². The van der Waals surface area contributed by atoms with E-state index in [-0.39, 0.29) is 17.8 Å². The zero-order valence-electron chi connectivity index (χ0n) is 10.5. The number of phenolic OH excluding ortho intramolecular Hbond substituents is 1. The second-order valence-electron chi connectivity index (χ2n) is 4.34. The van der Waals surface area contributed by atoms with Gasteiger partial charge in [0.1, 0.15) is 0 Å². The Kier molecular flexibility index (Phi) is 4.02. The highest BCUT2D eigenvalue weighted by Gasteiger charge is 2.30. The van der Waals surface area contributed by atoms with Crippen molar-refractivity contribution in [2.24, 2.45) is 0 Å². The van der Waals surface area contributed by atoms with Crippen molar-refractivity contribution in [2.45, 2.75) is 12.7 Å². The topological polar surface area (TPSA) is 32.3 Å². The number of anilines is 1. The molecule has 0 radical (unpaired) electrons. The number of benzene rings is 2. The molecule has 0 saturated carbocycles. The van der Waals surface area contributed by atoms with Crippen molar-refractivity contribution in [2.75, 3.05) is 5.32 Å². The molecule has 2 N–H and O–H groups in total. The molecule has 2 aromatic carbocycles. The van der Waals surface area contributed by atoms with Crippen LogP contribution in [0.25, 0.3) is 0 Å². The van der Waals surface area contributed by atoms with Gasteiger partial charge in [0.25, 0.3) is 0 Å². The van der Waals surface area contributed by atoms with Crippen LogP contribution in [-0.2, 0) is 12.7 Å². The molecule has 0 aliphatic heterocycles. The van der Waals surface area contributed by atoms with Crippen LogP contribution in [0.2, 0.25) is 0 Å². The van der Waals surface area contributed by atoms with Gasteiger partial charge in [-0.15, -0.1) is 0 Å². The van der Waals surface area contributed by atoms with Crippen molar-refractivity contribution >= 4 is 5.69 Å². The fourth-order valence-electron chi connectivity index (χ4n) is 1.73. The molecule has 0 aromatic heterocycles. The molecule has 0 bridgehead atoms. The Morgan fingerprint density at radius 3 is 2.19 bits per heavy atom. The highest BCUT2D eigenvalue weighted by Crippen LogP contribution is 2.30. The van der Waals surface area contributed by atoms with E-state index in [0.29, 0.717) is 0 Å². The molecule has 0 atom stereocenters. The lowest BCUT2D eigenvalue weighted by atomic mass is 10.1. The number of hydrogen-bond donors (Lipinski definition) is 2. The summed E-state index contributed by atoms with van der Waals surface area (Å²) in [5, 5.41) is 11.6. The highest BCUT2D eigenvalue weighted by molar-refractivity contribution is 5.47. The number of hydrogen-bond acceptors (Lipinski definition) is 2. The first-order chi connectivity index (χ1) is 9.77. The van der Waals surface area contributed by atoms with E-state index in [2.05, 4.69) is 5.32 Å². The van der Waals surface area contributed by atoms with E-state index in [1.54, 1.807) is 0 Å². The van der Waals surface area contributed by atoms with E-state index in [1.165, 1.54) is 12.1 Å². The Labute approximate surface area is 116 Å². The second-order valence-corrected chi connectivity index (χ2v) is 4.34. The van der Waals surface area contributed by atoms with Crippen LogP contribution in [-0.4, -0.2) is 5.11 Å². The Morgan fingerprint density at radius 2 is 1.62 bits per heavy atom. The predicted molar refractivity (Wildman–Crippen MR) is 66.8 cm³/mol. The van der Waals surface area contributed by atoms with Crippen LogP contribution in [0.4, 0.5) is 27.6 Å². The summed E-state index contributed by atoms with van der Waals surface area (Å²) in [4.78, 5) is 0. The molecule has 0 spiro atoms. The number of rotatable bonds is 3. The molecule has 0 amide bonds. The average molecular weight is 303 g/mol. The van der Waals surface area contributed by atoms with Crippen molar-refractivity contribution < 1.29 is 27.1 Å². The fraction of sp³-hybridized carbons (Fsp3) is 0.143. The van der Waals surface area contributed by atoms with Crippen LogP contribution in [0.15, 0.2) is 36.4 Å². The predicted octanol–water partition coefficient (Wildman–Crippen LogP) is 4.30. The smallest absolute Gasteiger partial charge is 0.416 e. The van der Waals surface area contributed by atoms with E-state index in [4.69, 9.17) is 5.11 Å². The van der Waals surface area contributed by atoms with E-state index >= 15 is 0 Å². The van der Waals surface area contributed by atoms with Gasteiger partial charge in [0.2, 0.25) is 0 Å². The van der Waals surface area contributed by atoms with Crippen LogP contribution < -0.4 is 5.32 Å². The van der Waals surface area contributed by atoms with Gasteiger partial charge in [-0.25, -0.2) is 8.78 Å². The molecule has 0 aliphatic rings. The molecular formula is C14H10F5NO. The maximum atomic E-state index is 13.1. The third kappa shape index (κ3) is 3.62. The third-order valence-corrected chi connectivity index (χ3v) is 2.76. The van der Waals surface area contributed by atoms with Crippen molar-refractivity contribution in [1.82, 2.24) is 0 Å². The summed E-state index contributed by atoms with van der Waals surface area (Å²) in [7, 11) is 0. The number of aromatic hydroxyl groups is 1. The molecule has 0 saturated heterocycles. The fourth-order valence-corrected chi connectivity index (χ4v) is 1.73. The largest absolute Gasteiger partial charge is 0.503 e. The molecule has 2 aromatic rings. The molecule has 0 fully saturated rings. The lowest BCUT2D eigenvalue weighted by Crippen LogP contribution is -2.06. The molecule has 112 valence electrons. The molecule has 0 aliphatic carbocycles. The zero-order valence-corrected chi connectivity index (χ0v) is 10.5. The summed E-state index contributed by atoms with van der Waals surface area (Å²) < 4.78 is 63.8. The first-order valence-corrected chi connectivity index (χ1v) is 5.85. The quantitative estimate of drug-likeness (QED) is 0.829. The maximum absolute atomic E-state index is 13.1. The first kappa shape index (κ1) is 15.1. The molecule has 2 nitrogen and oxygen atoms in total. The molecule has 21 heavy (non-hydrogen) atoms. The maximum Gasteiger partial charge on any atom is 0.416 e. The van der Waals surface area contributed by atoms with Crippen molar-refractivity contribution in [3.05, 3.63) is 59.2 Å². The summed E-state index contributed by atoms with van der Waals surface area (Å²) in [6, 6.07) is 6.25. The molecule has 7 heteroatoms. The second kappa shape index (κ2) is 5.59. The Bertz CT molecular complexity index is 631. The Balaban J connectivity index is 2.14. The van der Waals surface area contributed by atoms with E-state index in [1.807, 2.05) is 0 Å². The summed E-state index contributed by atoms with van der Waals surface area (Å²) >= 11 is 0. The van der Waals surface area contributed by atoms with E-state index in [9.17, 15) is 22.0 Å². The van der Waals surface area contributed by atoms with Gasteiger partial charge in [-0.05, 0) is 35.9 Å². The Hall–Kier alpha value is -2.31. The number of phenols is 1. The van der Waals surface area contributed by atoms with Gasteiger partial charge < -0.3 is 10.4 Å². The average Bonchev–Trinajstić information content (AvgIpc) is 2.42. The van der Waals surface area contributed by atoms with Crippen LogP contribution in [0.5, 0.6) is 5.75 Å². The number of alkyl halides is 3. The summed E-state index contributed by atoms with van der Waals surface area (Å²) in [6.07, 6.45) is -4.46. The van der Waals surface area contributed by atoms with Gasteiger partial charge in [0.05, 0.1) is 5.56 Å². The number of halogens is 5. The minimum Gasteiger partial charge on any atom is -0.503 e. The van der Waals surface area contributed by atoms with Gasteiger partial charge in [-0.2, -0.15) is 13.2 Å². The van der Waals surface area contributed by atoms with Crippen molar-refractivity contribution in [3.8, 4) is 5.75 Å². The van der Waals surface area contributed by atoms with Gasteiger partial charge in [-0.3, -0.25) is 0 Å². The van der Waals surface area contributed by atoms with Crippen LogP contribution in [0.1, 0.15) is 11.1 Å². The molecular weight excluding hydrogens is 293 g/mol. The monoisotopic (exact) mass is 303 g/mol. The highest BCUT2D eigenvalue weighted by atomic mass is 19.4. The van der Waals surface area contributed by atoms with Crippen LogP contribution >= 0.6 is 0 Å². The minimum absolute atomic E-state index is 0.0879. The number of nitrogens with one attached hydrogen (secondary N) is 1. The van der Waals surface area contributed by atoms with Gasteiger partial charge >= 0.3 is 6.18 Å². The van der Waals surface area contributed by atoms with Crippen LogP contribution in [0, 0.1) is 11.6 Å². The van der Waals surface area contributed by atoms with Gasteiger partial charge in [0.15, 0.2) is 17.4 Å². The first-order valence-electron chi connectivity index (χ1n) is 5.85. The van der Waals surface area contributed by atoms with E-state index in [0.717, 1.165) is 24.3 Å². The summed E-state index contributed by atoms with van der Waals surface area (Å²) in [5.74, 6) is -3.34. The summed E-state index contributed by atoms with van der Waals surface area (Å²) in [5.41, 5.74) is -0.505. The molecule has 0 unspecified atom stereocenters. The SMILES string of the molecule is Oc1c(F)cc(CNc2cccc(C(F)(F)F)c2)cc1F. The van der Waals surface area contributed by atoms with E-state index < -0.39 is 29.1 Å². The lowest BCUT2D eigenvalue weighted by Gasteiger charge is -2.11. The molecule has 2 rings (SSSR count). The summed E-state index contributed by atoms with van der Waals surface area (Å²) in [6.45, 7) is -0.0879. The Morgan fingerprint density at radius 1 is 1.00 bits per heavy atom. The minimum atomic E-state index is -4.46. The van der Waals surface area contributed by atoms with Crippen molar-refractivity contribution in [1.29, 1.82) is 0 Å². The normalized spacial score (nSPS) is 11.5. The third-order valence-electron chi connectivity index (χ3n) is 2.76. The lowest BCUT2D eigenvalue weighted by molar-refractivity contribution is -0.137. The zero-order chi connectivity index (χ0) is 15.6. The van der Waals surface area contributed by atoms with Gasteiger partial charge in [0, 0.05) is 12.2 Å².